The Bertz CT molecular complexity index is 446. The molecule has 1 aromatic rings. The minimum atomic E-state index is -0.756. The number of carboxylic acids is 1. The summed E-state index contributed by atoms with van der Waals surface area (Å²) in [6.45, 7) is 0. The van der Waals surface area contributed by atoms with Gasteiger partial charge in [-0.25, -0.2) is 4.98 Å². The average Bonchev–Trinajstić information content (AvgIpc) is 2.66. The smallest absolute Gasteiger partial charge is 0.307 e. The highest BCUT2D eigenvalue weighted by Gasteiger charge is 2.33. The van der Waals surface area contributed by atoms with E-state index in [1.807, 2.05) is 0 Å². The SMILES string of the molecule is O=C(O)C1CCCC1Sc1nccc(=O)[nH]1. The summed E-state index contributed by atoms with van der Waals surface area (Å²) < 4.78 is 0. The Morgan fingerprint density at radius 3 is 3.06 bits per heavy atom. The van der Waals surface area contributed by atoms with Gasteiger partial charge in [-0.3, -0.25) is 9.59 Å². The number of aromatic amines is 1. The molecule has 1 aliphatic carbocycles. The predicted molar refractivity (Wildman–Crippen MR) is 59.5 cm³/mol. The molecule has 1 fully saturated rings. The Labute approximate surface area is 96.3 Å². The van der Waals surface area contributed by atoms with E-state index in [0.29, 0.717) is 11.6 Å². The van der Waals surface area contributed by atoms with Gasteiger partial charge in [0.2, 0.25) is 0 Å². The second kappa shape index (κ2) is 4.69. The van der Waals surface area contributed by atoms with Gasteiger partial charge in [0.05, 0.1) is 5.92 Å². The Morgan fingerprint density at radius 1 is 1.56 bits per heavy atom. The molecule has 1 heterocycles. The maximum atomic E-state index is 11.1. The van der Waals surface area contributed by atoms with Crippen molar-refractivity contribution in [3.8, 4) is 0 Å². The van der Waals surface area contributed by atoms with Crippen LogP contribution in [0.1, 0.15) is 19.3 Å². The van der Waals surface area contributed by atoms with Crippen LogP contribution in [0.3, 0.4) is 0 Å². The lowest BCUT2D eigenvalue weighted by Gasteiger charge is -2.13. The maximum Gasteiger partial charge on any atom is 0.307 e. The highest BCUT2D eigenvalue weighted by Crippen LogP contribution is 2.37. The van der Waals surface area contributed by atoms with Gasteiger partial charge >= 0.3 is 5.97 Å². The number of hydrogen-bond acceptors (Lipinski definition) is 4. The summed E-state index contributed by atoms with van der Waals surface area (Å²) in [6.07, 6.45) is 3.93. The molecular formula is C10H12N2O3S. The fraction of sp³-hybridized carbons (Fsp3) is 0.500. The Hall–Kier alpha value is -1.30. The zero-order valence-electron chi connectivity index (χ0n) is 8.55. The van der Waals surface area contributed by atoms with E-state index < -0.39 is 5.97 Å². The second-order valence-corrected chi connectivity index (χ2v) is 5.00. The first kappa shape index (κ1) is 11.2. The Balaban J connectivity index is 2.09. The Morgan fingerprint density at radius 2 is 2.38 bits per heavy atom. The van der Waals surface area contributed by atoms with Gasteiger partial charge in [0.1, 0.15) is 0 Å². The second-order valence-electron chi connectivity index (χ2n) is 3.77. The molecule has 0 saturated heterocycles. The molecular weight excluding hydrogens is 228 g/mol. The first-order valence-corrected chi connectivity index (χ1v) is 5.99. The van der Waals surface area contributed by atoms with E-state index in [1.54, 1.807) is 0 Å². The van der Waals surface area contributed by atoms with Crippen LogP contribution in [0.15, 0.2) is 22.2 Å². The molecule has 0 aromatic carbocycles. The molecule has 86 valence electrons. The number of carboxylic acid groups (broad SMARTS) is 1. The summed E-state index contributed by atoms with van der Waals surface area (Å²) in [5, 5.41) is 9.53. The first-order chi connectivity index (χ1) is 7.66. The van der Waals surface area contributed by atoms with Crippen molar-refractivity contribution in [3.63, 3.8) is 0 Å². The fourth-order valence-corrected chi connectivity index (χ4v) is 3.17. The van der Waals surface area contributed by atoms with Crippen LogP contribution >= 0.6 is 11.8 Å². The number of aromatic nitrogens is 2. The number of aliphatic carboxylic acids is 1. The number of nitrogens with zero attached hydrogens (tertiary/aromatic N) is 1. The molecule has 0 bridgehead atoms. The molecule has 2 atom stereocenters. The summed E-state index contributed by atoms with van der Waals surface area (Å²) in [5.74, 6) is -1.08. The topological polar surface area (TPSA) is 83.0 Å². The summed E-state index contributed by atoms with van der Waals surface area (Å²) in [5.41, 5.74) is -0.206. The lowest BCUT2D eigenvalue weighted by molar-refractivity contribution is -0.141. The molecule has 16 heavy (non-hydrogen) atoms. The van der Waals surface area contributed by atoms with Gasteiger partial charge in [0.15, 0.2) is 5.16 Å². The van der Waals surface area contributed by atoms with Gasteiger partial charge in [0.25, 0.3) is 5.56 Å². The van der Waals surface area contributed by atoms with Crippen LogP contribution in [0.5, 0.6) is 0 Å². The highest BCUT2D eigenvalue weighted by molar-refractivity contribution is 7.99. The normalized spacial score (nSPS) is 24.5. The van der Waals surface area contributed by atoms with Gasteiger partial charge in [-0.1, -0.05) is 18.2 Å². The monoisotopic (exact) mass is 240 g/mol. The molecule has 2 unspecified atom stereocenters. The first-order valence-electron chi connectivity index (χ1n) is 5.11. The molecule has 1 aliphatic rings. The van der Waals surface area contributed by atoms with Crippen LogP contribution in [-0.2, 0) is 4.79 Å². The van der Waals surface area contributed by atoms with E-state index in [-0.39, 0.29) is 16.7 Å². The molecule has 6 heteroatoms. The van der Waals surface area contributed by atoms with Crippen LogP contribution < -0.4 is 5.56 Å². The third-order valence-electron chi connectivity index (χ3n) is 2.68. The van der Waals surface area contributed by atoms with E-state index in [9.17, 15) is 9.59 Å². The van der Waals surface area contributed by atoms with Crippen molar-refractivity contribution < 1.29 is 9.90 Å². The highest BCUT2D eigenvalue weighted by atomic mass is 32.2. The number of nitrogens with one attached hydrogen (secondary N) is 1. The third kappa shape index (κ3) is 2.44. The van der Waals surface area contributed by atoms with Crippen LogP contribution in [0, 0.1) is 5.92 Å². The van der Waals surface area contributed by atoms with E-state index in [1.165, 1.54) is 24.0 Å². The predicted octanol–water partition coefficient (Wildman–Crippen LogP) is 1.12. The van der Waals surface area contributed by atoms with Crippen LogP contribution in [0.25, 0.3) is 0 Å². The van der Waals surface area contributed by atoms with Crippen molar-refractivity contribution in [2.24, 2.45) is 5.92 Å². The quantitative estimate of drug-likeness (QED) is 0.773. The van der Waals surface area contributed by atoms with Gasteiger partial charge in [0, 0.05) is 17.5 Å². The maximum absolute atomic E-state index is 11.1. The summed E-state index contributed by atoms with van der Waals surface area (Å²) in [4.78, 5) is 28.6. The molecule has 0 aliphatic heterocycles. The van der Waals surface area contributed by atoms with Gasteiger partial charge < -0.3 is 10.1 Å². The van der Waals surface area contributed by atoms with E-state index >= 15 is 0 Å². The number of rotatable bonds is 3. The fourth-order valence-electron chi connectivity index (χ4n) is 1.90. The zero-order chi connectivity index (χ0) is 11.5. The van der Waals surface area contributed by atoms with Crippen molar-refractivity contribution in [1.82, 2.24) is 9.97 Å². The minimum Gasteiger partial charge on any atom is -0.481 e. The van der Waals surface area contributed by atoms with Crippen molar-refractivity contribution >= 4 is 17.7 Å². The third-order valence-corrected chi connectivity index (χ3v) is 3.98. The van der Waals surface area contributed by atoms with E-state index in [2.05, 4.69) is 9.97 Å². The standard InChI is InChI=1S/C10H12N2O3S/c13-8-4-5-11-10(12-8)16-7-3-1-2-6(7)9(14)15/h4-7H,1-3H2,(H,14,15)(H,11,12,13). The number of carbonyl (C=O) groups is 1. The average molecular weight is 240 g/mol. The van der Waals surface area contributed by atoms with Gasteiger partial charge in [-0.15, -0.1) is 0 Å². The van der Waals surface area contributed by atoms with Crippen molar-refractivity contribution in [2.45, 2.75) is 29.7 Å². The number of thioether (sulfide) groups is 1. The Kier molecular flexibility index (Phi) is 3.28. The minimum absolute atomic E-state index is 0.0167. The molecule has 5 nitrogen and oxygen atoms in total. The van der Waals surface area contributed by atoms with Crippen LogP contribution in [0.2, 0.25) is 0 Å². The zero-order valence-corrected chi connectivity index (χ0v) is 9.37. The van der Waals surface area contributed by atoms with Crippen molar-refractivity contribution in [3.05, 3.63) is 22.6 Å². The molecule has 0 radical (unpaired) electrons. The molecule has 0 amide bonds. The van der Waals surface area contributed by atoms with Crippen LogP contribution in [0.4, 0.5) is 0 Å². The lowest BCUT2D eigenvalue weighted by atomic mass is 10.1. The summed E-state index contributed by atoms with van der Waals surface area (Å²) in [6, 6.07) is 1.34. The molecule has 2 N–H and O–H groups in total. The summed E-state index contributed by atoms with van der Waals surface area (Å²) >= 11 is 1.35. The molecule has 1 aromatic heterocycles. The van der Waals surface area contributed by atoms with Crippen LogP contribution in [-0.4, -0.2) is 26.3 Å². The van der Waals surface area contributed by atoms with Crippen molar-refractivity contribution in [2.75, 3.05) is 0 Å². The molecule has 0 spiro atoms. The van der Waals surface area contributed by atoms with E-state index in [4.69, 9.17) is 5.11 Å². The van der Waals surface area contributed by atoms with E-state index in [0.717, 1.165) is 12.8 Å². The van der Waals surface area contributed by atoms with Gasteiger partial charge in [-0.2, -0.15) is 0 Å². The molecule has 1 saturated carbocycles. The lowest BCUT2D eigenvalue weighted by Crippen LogP contribution is -2.20. The number of hydrogen-bond donors (Lipinski definition) is 2. The number of H-pyrrole nitrogens is 1. The van der Waals surface area contributed by atoms with Crippen molar-refractivity contribution in [1.29, 1.82) is 0 Å². The van der Waals surface area contributed by atoms with Gasteiger partial charge in [-0.05, 0) is 12.8 Å². The summed E-state index contributed by atoms with van der Waals surface area (Å²) in [7, 11) is 0. The molecule has 2 rings (SSSR count). The largest absolute Gasteiger partial charge is 0.481 e.